The molecule has 0 saturated carbocycles. The molecule has 1 heterocycles. The van der Waals surface area contributed by atoms with E-state index >= 15 is 0 Å². The average Bonchev–Trinajstić information content (AvgIpc) is 2.35. The Morgan fingerprint density at radius 3 is 2.33 bits per heavy atom. The Morgan fingerprint density at radius 1 is 1.29 bits per heavy atom. The SMILES string of the molecule is CC1(OCC(=O)Nc2ccc(NS(C)(=O)=O)cc2)CNC1. The third-order valence-corrected chi connectivity index (χ3v) is 3.63. The van der Waals surface area contributed by atoms with Crippen LogP contribution < -0.4 is 15.4 Å². The number of carbonyl (C=O) groups excluding carboxylic acids is 1. The van der Waals surface area contributed by atoms with Crippen LogP contribution in [-0.2, 0) is 19.6 Å². The van der Waals surface area contributed by atoms with Gasteiger partial charge in [-0.1, -0.05) is 0 Å². The highest BCUT2D eigenvalue weighted by Crippen LogP contribution is 2.16. The molecule has 3 N–H and O–H groups in total. The molecule has 0 bridgehead atoms. The maximum atomic E-state index is 11.7. The van der Waals surface area contributed by atoms with E-state index < -0.39 is 10.0 Å². The quantitative estimate of drug-likeness (QED) is 0.705. The van der Waals surface area contributed by atoms with Crippen molar-refractivity contribution in [3.05, 3.63) is 24.3 Å². The Labute approximate surface area is 124 Å². The molecule has 2 rings (SSSR count). The zero-order valence-corrected chi connectivity index (χ0v) is 12.8. The summed E-state index contributed by atoms with van der Waals surface area (Å²) in [7, 11) is -3.30. The number of anilines is 2. The van der Waals surface area contributed by atoms with E-state index in [0.717, 1.165) is 19.3 Å². The number of rotatable bonds is 6. The Bertz CT molecular complexity index is 609. The van der Waals surface area contributed by atoms with Gasteiger partial charge in [0.05, 0.1) is 11.9 Å². The smallest absolute Gasteiger partial charge is 0.250 e. The van der Waals surface area contributed by atoms with E-state index in [9.17, 15) is 13.2 Å². The lowest BCUT2D eigenvalue weighted by Gasteiger charge is -2.38. The highest BCUT2D eigenvalue weighted by molar-refractivity contribution is 7.92. The minimum Gasteiger partial charge on any atom is -0.363 e. The van der Waals surface area contributed by atoms with Gasteiger partial charge >= 0.3 is 0 Å². The van der Waals surface area contributed by atoms with Crippen molar-refractivity contribution in [1.82, 2.24) is 5.32 Å². The fourth-order valence-electron chi connectivity index (χ4n) is 1.85. The molecule has 0 aliphatic carbocycles. The second-order valence-electron chi connectivity index (χ2n) is 5.34. The number of hydrogen-bond acceptors (Lipinski definition) is 5. The molecule has 1 fully saturated rings. The summed E-state index contributed by atoms with van der Waals surface area (Å²) < 4.78 is 30.0. The molecule has 21 heavy (non-hydrogen) atoms. The molecule has 1 aliphatic rings. The van der Waals surface area contributed by atoms with Gasteiger partial charge in [0.15, 0.2) is 0 Å². The first kappa shape index (κ1) is 15.7. The molecule has 1 aromatic carbocycles. The van der Waals surface area contributed by atoms with Gasteiger partial charge < -0.3 is 15.4 Å². The topological polar surface area (TPSA) is 96.5 Å². The second kappa shape index (κ2) is 6.00. The van der Waals surface area contributed by atoms with Crippen LogP contribution in [0.3, 0.4) is 0 Å². The maximum absolute atomic E-state index is 11.7. The molecule has 1 aromatic rings. The molecule has 7 nitrogen and oxygen atoms in total. The van der Waals surface area contributed by atoms with E-state index in [1.165, 1.54) is 0 Å². The highest BCUT2D eigenvalue weighted by Gasteiger charge is 2.32. The molecule has 0 spiro atoms. The molecule has 0 aromatic heterocycles. The second-order valence-corrected chi connectivity index (χ2v) is 7.09. The summed E-state index contributed by atoms with van der Waals surface area (Å²) in [4.78, 5) is 11.7. The van der Waals surface area contributed by atoms with Crippen LogP contribution in [0.25, 0.3) is 0 Å². The van der Waals surface area contributed by atoms with Gasteiger partial charge in [-0.3, -0.25) is 9.52 Å². The van der Waals surface area contributed by atoms with Crippen molar-refractivity contribution in [2.75, 3.05) is 36.0 Å². The van der Waals surface area contributed by atoms with Gasteiger partial charge in [0.25, 0.3) is 0 Å². The van der Waals surface area contributed by atoms with Gasteiger partial charge in [-0.2, -0.15) is 0 Å². The number of nitrogens with one attached hydrogen (secondary N) is 3. The number of benzene rings is 1. The highest BCUT2D eigenvalue weighted by atomic mass is 32.2. The lowest BCUT2D eigenvalue weighted by Crippen LogP contribution is -2.59. The van der Waals surface area contributed by atoms with Crippen molar-refractivity contribution in [3.8, 4) is 0 Å². The molecule has 0 unspecified atom stereocenters. The van der Waals surface area contributed by atoms with E-state index in [1.54, 1.807) is 24.3 Å². The largest absolute Gasteiger partial charge is 0.363 e. The summed E-state index contributed by atoms with van der Waals surface area (Å²) >= 11 is 0. The van der Waals surface area contributed by atoms with Crippen LogP contribution in [0.15, 0.2) is 24.3 Å². The summed E-state index contributed by atoms with van der Waals surface area (Å²) in [6.45, 7) is 3.42. The van der Waals surface area contributed by atoms with Crippen LogP contribution in [0.4, 0.5) is 11.4 Å². The third kappa shape index (κ3) is 5.00. The van der Waals surface area contributed by atoms with E-state index in [-0.39, 0.29) is 18.1 Å². The maximum Gasteiger partial charge on any atom is 0.250 e. The predicted octanol–water partition coefficient (Wildman–Crippen LogP) is 0.375. The molecule has 8 heteroatoms. The first-order valence-electron chi connectivity index (χ1n) is 6.48. The first-order chi connectivity index (χ1) is 9.76. The van der Waals surface area contributed by atoms with Crippen LogP contribution in [0, 0.1) is 0 Å². The third-order valence-electron chi connectivity index (χ3n) is 3.02. The Morgan fingerprint density at radius 2 is 1.86 bits per heavy atom. The molecule has 1 saturated heterocycles. The number of sulfonamides is 1. The molecule has 0 atom stereocenters. The molecule has 1 aliphatic heterocycles. The zero-order chi connectivity index (χ0) is 15.5. The summed E-state index contributed by atoms with van der Waals surface area (Å²) in [5.74, 6) is -0.244. The number of amides is 1. The summed E-state index contributed by atoms with van der Waals surface area (Å²) in [5, 5.41) is 5.78. The van der Waals surface area contributed by atoms with Gasteiger partial charge in [-0.25, -0.2) is 8.42 Å². The van der Waals surface area contributed by atoms with Crippen LogP contribution in [0.2, 0.25) is 0 Å². The lowest BCUT2D eigenvalue weighted by molar-refractivity contribution is -0.130. The molecular weight excluding hydrogens is 294 g/mol. The summed E-state index contributed by atoms with van der Waals surface area (Å²) in [6, 6.07) is 6.40. The monoisotopic (exact) mass is 313 g/mol. The van der Waals surface area contributed by atoms with Crippen LogP contribution in [-0.4, -0.2) is 45.9 Å². The Balaban J connectivity index is 1.83. The predicted molar refractivity (Wildman–Crippen MR) is 80.8 cm³/mol. The van der Waals surface area contributed by atoms with Crippen molar-refractivity contribution in [2.24, 2.45) is 0 Å². The van der Waals surface area contributed by atoms with Crippen molar-refractivity contribution >= 4 is 27.3 Å². The molecular formula is C13H19N3O4S. The minimum absolute atomic E-state index is 0.0124. The standard InChI is InChI=1S/C13H19N3O4S/c1-13(8-14-9-13)20-7-12(17)15-10-3-5-11(6-4-10)16-21(2,18)19/h3-6,14,16H,7-9H2,1-2H3,(H,15,17). The first-order valence-corrected chi connectivity index (χ1v) is 8.37. The zero-order valence-electron chi connectivity index (χ0n) is 12.0. The molecule has 116 valence electrons. The van der Waals surface area contributed by atoms with Gasteiger partial charge in [-0.15, -0.1) is 0 Å². The van der Waals surface area contributed by atoms with Crippen molar-refractivity contribution in [3.63, 3.8) is 0 Å². The molecule has 1 amide bonds. The summed E-state index contributed by atoms with van der Waals surface area (Å²) in [5.41, 5.74) is 0.764. The van der Waals surface area contributed by atoms with E-state index in [4.69, 9.17) is 4.74 Å². The van der Waals surface area contributed by atoms with Gasteiger partial charge in [0.2, 0.25) is 15.9 Å². The normalized spacial score (nSPS) is 16.9. The van der Waals surface area contributed by atoms with E-state index in [0.29, 0.717) is 11.4 Å². The van der Waals surface area contributed by atoms with Crippen LogP contribution >= 0.6 is 0 Å². The number of hydrogen-bond donors (Lipinski definition) is 3. The van der Waals surface area contributed by atoms with E-state index in [1.807, 2.05) is 6.92 Å². The van der Waals surface area contributed by atoms with Gasteiger partial charge in [0.1, 0.15) is 6.61 Å². The van der Waals surface area contributed by atoms with Crippen LogP contribution in [0.1, 0.15) is 6.92 Å². The number of ether oxygens (including phenoxy) is 1. The van der Waals surface area contributed by atoms with Gasteiger partial charge in [-0.05, 0) is 31.2 Å². The Kier molecular flexibility index (Phi) is 4.50. The lowest BCUT2D eigenvalue weighted by atomic mass is 10.0. The molecule has 0 radical (unpaired) electrons. The summed E-state index contributed by atoms with van der Waals surface area (Å²) in [6.07, 6.45) is 1.08. The van der Waals surface area contributed by atoms with E-state index in [2.05, 4.69) is 15.4 Å². The average molecular weight is 313 g/mol. The fourth-order valence-corrected chi connectivity index (χ4v) is 2.42. The minimum atomic E-state index is -3.30. The number of carbonyl (C=O) groups is 1. The fraction of sp³-hybridized carbons (Fsp3) is 0.462. The van der Waals surface area contributed by atoms with Crippen LogP contribution in [0.5, 0.6) is 0 Å². The van der Waals surface area contributed by atoms with Crippen molar-refractivity contribution in [2.45, 2.75) is 12.5 Å². The van der Waals surface area contributed by atoms with Crippen molar-refractivity contribution < 1.29 is 17.9 Å². The van der Waals surface area contributed by atoms with Gasteiger partial charge in [0, 0.05) is 24.5 Å². The Hall–Kier alpha value is -1.64. The van der Waals surface area contributed by atoms with Crippen molar-refractivity contribution in [1.29, 1.82) is 0 Å².